The summed E-state index contributed by atoms with van der Waals surface area (Å²) >= 11 is 6.47. The number of rotatable bonds is 3. The second-order valence-electron chi connectivity index (χ2n) is 16.6. The summed E-state index contributed by atoms with van der Waals surface area (Å²) in [4.78, 5) is 32.7. The largest absolute Gasteiger partial charge is 0.490 e. The molecule has 2 aromatic rings. The molecule has 1 saturated heterocycles. The highest BCUT2D eigenvalue weighted by Gasteiger charge is 2.60. The van der Waals surface area contributed by atoms with E-state index in [9.17, 15) is 23.1 Å². The lowest BCUT2D eigenvalue weighted by atomic mass is 9.62. The van der Waals surface area contributed by atoms with E-state index in [1.807, 2.05) is 6.07 Å². The fraction of sp³-hybridized carbons (Fsp3) is 0.600. The molecule has 2 N–H and O–H groups in total. The van der Waals surface area contributed by atoms with E-state index >= 15 is 0 Å². The number of benzene rings is 2. The highest BCUT2D eigenvalue weighted by Crippen LogP contribution is 2.54. The summed E-state index contributed by atoms with van der Waals surface area (Å²) in [6, 6.07) is 11.4. The molecule has 6 aliphatic rings. The van der Waals surface area contributed by atoms with Gasteiger partial charge in [0.05, 0.1) is 35.7 Å². The highest BCUT2D eigenvalue weighted by molar-refractivity contribution is 7.91. The number of piperazine rings is 1. The van der Waals surface area contributed by atoms with E-state index in [1.165, 1.54) is 11.1 Å². The summed E-state index contributed by atoms with van der Waals surface area (Å²) in [5, 5.41) is 13.5. The Morgan fingerprint density at radius 2 is 1.94 bits per heavy atom. The topological polar surface area (TPSA) is 119 Å². The van der Waals surface area contributed by atoms with Gasteiger partial charge in [0.25, 0.3) is 5.91 Å². The Bertz CT molecular complexity index is 1930. The number of nitrogens with one attached hydrogen (secondary N) is 1. The van der Waals surface area contributed by atoms with Crippen LogP contribution in [0.4, 0.5) is 5.69 Å². The lowest BCUT2D eigenvalue weighted by molar-refractivity contribution is -0.141. The van der Waals surface area contributed by atoms with Crippen molar-refractivity contribution in [3.8, 4) is 18.1 Å². The van der Waals surface area contributed by atoms with Crippen LogP contribution in [0, 0.1) is 30.1 Å². The molecule has 0 unspecified atom stereocenters. The van der Waals surface area contributed by atoms with Crippen LogP contribution in [0.3, 0.4) is 0 Å². The van der Waals surface area contributed by atoms with Gasteiger partial charge in [0, 0.05) is 48.7 Å². The van der Waals surface area contributed by atoms with Crippen LogP contribution in [0.25, 0.3) is 0 Å². The standard InChI is InChI=1S/C40H49ClN4O6S/c1-3-16-44-18-17-43(23-36(44)46)25-40(48)15-5-7-30-21-38(30,2)52(49,50)42-37(47)28-9-13-35-34(20-28)45(22-29-8-11-33(29)40)24-39(26-51-35)14-4-6-27-19-31(41)10-12-32(27)39/h1,9-10,12-13,19-20,29-30,33,48H,4-8,11,14-18,21-26H2,2H3,(H,42,47)/t29-,30+,33+,38+,39-,40-/m0/s1. The van der Waals surface area contributed by atoms with Crippen molar-refractivity contribution in [3.63, 3.8) is 0 Å². The number of β-amino-alcohol motifs (C(OH)–C–C–N with tert-alkyl or cyclic N) is 1. The molecule has 3 aliphatic heterocycles. The Morgan fingerprint density at radius 1 is 1.10 bits per heavy atom. The number of aliphatic hydroxyl groups is 1. The molecule has 2 aromatic carbocycles. The molecule has 2 bridgehead atoms. The number of carbonyl (C=O) groups excluding carboxylic acids is 2. The van der Waals surface area contributed by atoms with Gasteiger partial charge < -0.3 is 19.6 Å². The molecule has 0 aromatic heterocycles. The number of anilines is 1. The summed E-state index contributed by atoms with van der Waals surface area (Å²) in [7, 11) is -3.97. The quantitative estimate of drug-likeness (QED) is 0.445. The van der Waals surface area contributed by atoms with Crippen LogP contribution in [0.2, 0.25) is 5.02 Å². The number of hydrogen-bond acceptors (Lipinski definition) is 8. The van der Waals surface area contributed by atoms with Gasteiger partial charge >= 0.3 is 0 Å². The van der Waals surface area contributed by atoms with Crippen LogP contribution >= 0.6 is 11.6 Å². The van der Waals surface area contributed by atoms with Gasteiger partial charge in [-0.1, -0.05) is 30.0 Å². The van der Waals surface area contributed by atoms with E-state index in [-0.39, 0.29) is 47.7 Å². The van der Waals surface area contributed by atoms with E-state index < -0.39 is 26.3 Å². The molecule has 2 saturated carbocycles. The van der Waals surface area contributed by atoms with E-state index in [2.05, 4.69) is 32.6 Å². The van der Waals surface area contributed by atoms with Gasteiger partial charge in [-0.25, -0.2) is 13.1 Å². The van der Waals surface area contributed by atoms with Crippen molar-refractivity contribution < 1.29 is 27.9 Å². The zero-order chi connectivity index (χ0) is 36.5. The minimum Gasteiger partial charge on any atom is -0.490 e. The number of ether oxygens (including phenoxy) is 1. The van der Waals surface area contributed by atoms with Crippen molar-refractivity contribution in [3.05, 3.63) is 58.1 Å². The van der Waals surface area contributed by atoms with Gasteiger partial charge in [0.2, 0.25) is 15.9 Å². The fourth-order valence-corrected chi connectivity index (χ4v) is 11.9. The summed E-state index contributed by atoms with van der Waals surface area (Å²) in [6.07, 6.45) is 12.4. The number of sulfonamides is 1. The van der Waals surface area contributed by atoms with Crippen molar-refractivity contribution >= 4 is 39.1 Å². The predicted octanol–water partition coefficient (Wildman–Crippen LogP) is 4.37. The van der Waals surface area contributed by atoms with Crippen molar-refractivity contribution in [2.45, 2.75) is 80.5 Å². The fourth-order valence-electron chi connectivity index (χ4n) is 10.1. The monoisotopic (exact) mass is 748 g/mol. The molecule has 1 spiro atoms. The van der Waals surface area contributed by atoms with Crippen molar-refractivity contribution in [2.24, 2.45) is 17.8 Å². The van der Waals surface area contributed by atoms with Crippen LogP contribution in [-0.2, 0) is 26.7 Å². The zero-order valence-electron chi connectivity index (χ0n) is 29.9. The number of fused-ring (bicyclic) bond motifs is 5. The molecule has 10 nitrogen and oxygen atoms in total. The number of hydrogen-bond donors (Lipinski definition) is 2. The van der Waals surface area contributed by atoms with Crippen LogP contribution in [0.5, 0.6) is 5.75 Å². The molecule has 6 atom stereocenters. The maximum absolute atomic E-state index is 13.7. The first kappa shape index (κ1) is 35.7. The molecule has 3 heterocycles. The Hall–Kier alpha value is -3.30. The zero-order valence-corrected chi connectivity index (χ0v) is 31.5. The minimum absolute atomic E-state index is 0.0129. The second-order valence-corrected chi connectivity index (χ2v) is 19.2. The second kappa shape index (κ2) is 13.2. The van der Waals surface area contributed by atoms with Crippen molar-refractivity contribution in [1.82, 2.24) is 14.5 Å². The summed E-state index contributed by atoms with van der Waals surface area (Å²) < 4.78 is 35.3. The van der Waals surface area contributed by atoms with E-state index in [1.54, 1.807) is 30.0 Å². The molecule has 3 fully saturated rings. The first-order valence-corrected chi connectivity index (χ1v) is 20.7. The average Bonchev–Trinajstić information content (AvgIpc) is 3.79. The molecule has 3 aliphatic carbocycles. The number of halogens is 1. The van der Waals surface area contributed by atoms with Crippen LogP contribution in [0.15, 0.2) is 36.4 Å². The van der Waals surface area contributed by atoms with Gasteiger partial charge in [0.1, 0.15) is 5.75 Å². The number of amides is 2. The molecule has 278 valence electrons. The molecular weight excluding hydrogens is 700 g/mol. The SMILES string of the molecule is C#CCN1CCN(C[C@@]2(O)CCC[C@@H]3C[C@@]3(C)S(=O)(=O)NC(=O)c3ccc4c(c3)N(C[C@@H]3CC[C@H]32)C[C@@]2(CCCc3cc(Cl)ccc32)CO4)CC1=O. The predicted molar refractivity (Wildman–Crippen MR) is 200 cm³/mol. The maximum Gasteiger partial charge on any atom is 0.264 e. The summed E-state index contributed by atoms with van der Waals surface area (Å²) in [5.74, 6) is 2.61. The lowest BCUT2D eigenvalue weighted by Gasteiger charge is -2.51. The van der Waals surface area contributed by atoms with Gasteiger partial charge in [-0.3, -0.25) is 14.5 Å². The van der Waals surface area contributed by atoms with E-state index in [0.717, 1.165) is 37.8 Å². The van der Waals surface area contributed by atoms with Gasteiger partial charge in [-0.05, 0) is 118 Å². The van der Waals surface area contributed by atoms with Crippen LogP contribution < -0.4 is 14.4 Å². The third kappa shape index (κ3) is 6.27. The Morgan fingerprint density at radius 3 is 2.71 bits per heavy atom. The third-order valence-corrected chi connectivity index (χ3v) is 15.8. The highest BCUT2D eigenvalue weighted by atomic mass is 35.5. The number of aryl methyl sites for hydroxylation is 1. The molecule has 8 rings (SSSR count). The van der Waals surface area contributed by atoms with Crippen LogP contribution in [0.1, 0.15) is 79.8 Å². The summed E-state index contributed by atoms with van der Waals surface area (Å²) in [5.41, 5.74) is 2.10. The lowest BCUT2D eigenvalue weighted by Crippen LogP contribution is -2.60. The first-order valence-electron chi connectivity index (χ1n) is 18.9. The smallest absolute Gasteiger partial charge is 0.264 e. The Kier molecular flexibility index (Phi) is 9.08. The molecular formula is C40H49ClN4O6S. The number of nitrogens with zero attached hydrogens (tertiary/aromatic N) is 3. The number of terminal acetylenes is 1. The Labute approximate surface area is 312 Å². The molecule has 12 heteroatoms. The van der Waals surface area contributed by atoms with Gasteiger partial charge in [-0.2, -0.15) is 0 Å². The minimum atomic E-state index is -3.97. The van der Waals surface area contributed by atoms with E-state index in [0.29, 0.717) is 75.8 Å². The van der Waals surface area contributed by atoms with Gasteiger partial charge in [-0.15, -0.1) is 6.42 Å². The summed E-state index contributed by atoms with van der Waals surface area (Å²) in [6.45, 7) is 5.50. The third-order valence-electron chi connectivity index (χ3n) is 13.4. The maximum atomic E-state index is 13.7. The Balaban J connectivity index is 1.16. The molecule has 0 radical (unpaired) electrons. The average molecular weight is 749 g/mol. The molecule has 52 heavy (non-hydrogen) atoms. The van der Waals surface area contributed by atoms with Crippen molar-refractivity contribution in [2.75, 3.05) is 57.3 Å². The first-order chi connectivity index (χ1) is 24.8. The van der Waals surface area contributed by atoms with Crippen molar-refractivity contribution in [1.29, 1.82) is 0 Å². The number of carbonyl (C=O) groups is 2. The van der Waals surface area contributed by atoms with Gasteiger partial charge in [0.15, 0.2) is 0 Å². The van der Waals surface area contributed by atoms with Crippen LogP contribution in [-0.4, -0.2) is 97.9 Å². The van der Waals surface area contributed by atoms with E-state index in [4.69, 9.17) is 22.8 Å². The normalized spacial score (nSPS) is 34.4. The molecule has 2 amide bonds.